The van der Waals surface area contributed by atoms with Crippen molar-refractivity contribution in [2.24, 2.45) is 5.92 Å². The largest absolute Gasteiger partial charge is 0.490 e. The van der Waals surface area contributed by atoms with Crippen molar-refractivity contribution in [1.82, 2.24) is 9.88 Å². The highest BCUT2D eigenvalue weighted by atomic mass is 16.6. The van der Waals surface area contributed by atoms with E-state index in [0.717, 1.165) is 30.6 Å². The molecule has 1 saturated heterocycles. The molecule has 2 heterocycles. The number of hydrogen-bond acceptors (Lipinski definition) is 5. The lowest BCUT2D eigenvalue weighted by molar-refractivity contribution is -0.0141. The first-order valence-electron chi connectivity index (χ1n) is 9.05. The van der Waals surface area contributed by atoms with Crippen LogP contribution in [-0.2, 0) is 4.74 Å². The molecule has 138 valence electrons. The lowest BCUT2D eigenvalue weighted by atomic mass is 9.71. The minimum atomic E-state index is -0.484. The molecule has 1 aromatic heterocycles. The quantitative estimate of drug-likeness (QED) is 0.886. The molecule has 1 aliphatic heterocycles. The third-order valence-electron chi connectivity index (χ3n) is 5.03. The van der Waals surface area contributed by atoms with Crippen molar-refractivity contribution in [3.8, 4) is 5.75 Å². The Morgan fingerprint density at radius 1 is 1.32 bits per heavy atom. The zero-order valence-corrected chi connectivity index (χ0v) is 15.3. The third-order valence-corrected chi connectivity index (χ3v) is 5.03. The summed E-state index contributed by atoms with van der Waals surface area (Å²) in [5, 5.41) is 9.36. The zero-order valence-electron chi connectivity index (χ0n) is 15.3. The van der Waals surface area contributed by atoms with E-state index in [0.29, 0.717) is 25.0 Å². The number of pyridine rings is 1. The minimum absolute atomic E-state index is 0.0485. The van der Waals surface area contributed by atoms with E-state index in [2.05, 4.69) is 4.98 Å². The van der Waals surface area contributed by atoms with Crippen molar-refractivity contribution in [3.05, 3.63) is 24.0 Å². The molecule has 3 rings (SSSR count). The van der Waals surface area contributed by atoms with Crippen molar-refractivity contribution in [2.45, 2.75) is 57.6 Å². The first kappa shape index (κ1) is 18.0. The Balaban J connectivity index is 1.53. The number of carbonyl (C=O) groups is 1. The van der Waals surface area contributed by atoms with Crippen LogP contribution in [-0.4, -0.2) is 52.5 Å². The third kappa shape index (κ3) is 4.24. The van der Waals surface area contributed by atoms with E-state index < -0.39 is 5.60 Å². The fraction of sp³-hybridized carbons (Fsp3) is 0.684. The van der Waals surface area contributed by atoms with Crippen LogP contribution in [0.1, 0.15) is 51.5 Å². The highest BCUT2D eigenvalue weighted by molar-refractivity contribution is 5.69. The number of rotatable bonds is 5. The van der Waals surface area contributed by atoms with E-state index in [1.165, 1.54) is 0 Å². The van der Waals surface area contributed by atoms with Crippen molar-refractivity contribution < 1.29 is 19.4 Å². The molecule has 25 heavy (non-hydrogen) atoms. The molecule has 2 fully saturated rings. The van der Waals surface area contributed by atoms with Gasteiger partial charge in [0.25, 0.3) is 0 Å². The summed E-state index contributed by atoms with van der Waals surface area (Å²) in [6.07, 6.45) is 6.36. The number of ether oxygens (including phenoxy) is 2. The van der Waals surface area contributed by atoms with Gasteiger partial charge >= 0.3 is 6.09 Å². The number of aliphatic hydroxyl groups excluding tert-OH is 1. The maximum Gasteiger partial charge on any atom is 0.410 e. The number of aliphatic hydroxyl groups is 1. The summed E-state index contributed by atoms with van der Waals surface area (Å²) in [6, 6.07) is 2.06. The van der Waals surface area contributed by atoms with Gasteiger partial charge in [0.1, 0.15) is 18.0 Å². The van der Waals surface area contributed by atoms with Crippen LogP contribution in [0.2, 0.25) is 0 Å². The van der Waals surface area contributed by atoms with Gasteiger partial charge < -0.3 is 19.5 Å². The Hall–Kier alpha value is -1.82. The summed E-state index contributed by atoms with van der Waals surface area (Å²) in [7, 11) is 0. The molecule has 1 amide bonds. The number of hydrogen-bond donors (Lipinski definition) is 1. The Labute approximate surface area is 149 Å². The summed E-state index contributed by atoms with van der Waals surface area (Å²) in [5.41, 5.74) is 0.642. The van der Waals surface area contributed by atoms with E-state index >= 15 is 0 Å². The monoisotopic (exact) mass is 348 g/mol. The van der Waals surface area contributed by atoms with Gasteiger partial charge in [0, 0.05) is 19.3 Å². The predicted octanol–water partition coefficient (Wildman–Crippen LogP) is 2.96. The van der Waals surface area contributed by atoms with Crippen molar-refractivity contribution in [3.63, 3.8) is 0 Å². The van der Waals surface area contributed by atoms with E-state index in [-0.39, 0.29) is 18.7 Å². The van der Waals surface area contributed by atoms with Crippen LogP contribution in [0, 0.1) is 5.92 Å². The van der Waals surface area contributed by atoms with E-state index in [4.69, 9.17) is 9.47 Å². The smallest absolute Gasteiger partial charge is 0.410 e. The SMILES string of the molecule is CC(C)(C)OC(=O)N1CCC1COc1cncc(C2CCC2CO)c1. The van der Waals surface area contributed by atoms with Crippen LogP contribution >= 0.6 is 0 Å². The molecular weight excluding hydrogens is 320 g/mol. The van der Waals surface area contributed by atoms with Gasteiger partial charge in [0.05, 0.1) is 12.2 Å². The van der Waals surface area contributed by atoms with Crippen LogP contribution in [0.25, 0.3) is 0 Å². The van der Waals surface area contributed by atoms with Crippen LogP contribution in [0.15, 0.2) is 18.5 Å². The van der Waals surface area contributed by atoms with E-state index in [9.17, 15) is 9.90 Å². The number of amides is 1. The molecule has 3 unspecified atom stereocenters. The van der Waals surface area contributed by atoms with E-state index in [1.807, 2.05) is 33.0 Å². The second-order valence-electron chi connectivity index (χ2n) is 8.01. The molecule has 1 N–H and O–H groups in total. The normalized spacial score (nSPS) is 25.8. The number of nitrogens with zero attached hydrogens (tertiary/aromatic N) is 2. The molecule has 3 atom stereocenters. The van der Waals surface area contributed by atoms with Crippen LogP contribution in [0.3, 0.4) is 0 Å². The van der Waals surface area contributed by atoms with Crippen molar-refractivity contribution >= 4 is 6.09 Å². The molecule has 1 aliphatic carbocycles. The zero-order chi connectivity index (χ0) is 18.0. The van der Waals surface area contributed by atoms with Gasteiger partial charge in [-0.1, -0.05) is 0 Å². The molecule has 0 radical (unpaired) electrons. The van der Waals surface area contributed by atoms with Gasteiger partial charge in [-0.05, 0) is 63.5 Å². The molecule has 0 bridgehead atoms. The van der Waals surface area contributed by atoms with Crippen LogP contribution in [0.5, 0.6) is 5.75 Å². The highest BCUT2D eigenvalue weighted by Crippen LogP contribution is 2.42. The molecule has 1 aromatic rings. The average molecular weight is 348 g/mol. The summed E-state index contributed by atoms with van der Waals surface area (Å²) in [5.74, 6) is 1.44. The van der Waals surface area contributed by atoms with Gasteiger partial charge in [0.2, 0.25) is 0 Å². The van der Waals surface area contributed by atoms with Crippen LogP contribution < -0.4 is 4.74 Å². The van der Waals surface area contributed by atoms with Gasteiger partial charge in [-0.2, -0.15) is 0 Å². The molecule has 1 saturated carbocycles. The minimum Gasteiger partial charge on any atom is -0.490 e. The fourth-order valence-corrected chi connectivity index (χ4v) is 3.31. The number of likely N-dealkylation sites (tertiary alicyclic amines) is 1. The summed E-state index contributed by atoms with van der Waals surface area (Å²) < 4.78 is 11.3. The highest BCUT2D eigenvalue weighted by Gasteiger charge is 2.36. The lowest BCUT2D eigenvalue weighted by Gasteiger charge is -2.41. The Morgan fingerprint density at radius 2 is 2.12 bits per heavy atom. The summed E-state index contributed by atoms with van der Waals surface area (Å²) in [4.78, 5) is 18.1. The van der Waals surface area contributed by atoms with Crippen molar-refractivity contribution in [1.29, 1.82) is 0 Å². The van der Waals surface area contributed by atoms with Gasteiger partial charge in [-0.25, -0.2) is 4.79 Å². The molecule has 2 aliphatic rings. The second kappa shape index (κ2) is 7.20. The Kier molecular flexibility index (Phi) is 5.18. The topological polar surface area (TPSA) is 71.9 Å². The molecule has 0 spiro atoms. The first-order valence-corrected chi connectivity index (χ1v) is 9.05. The maximum absolute atomic E-state index is 12.1. The Morgan fingerprint density at radius 3 is 2.68 bits per heavy atom. The van der Waals surface area contributed by atoms with E-state index in [1.54, 1.807) is 11.1 Å². The fourth-order valence-electron chi connectivity index (χ4n) is 3.31. The summed E-state index contributed by atoms with van der Waals surface area (Å²) >= 11 is 0. The predicted molar refractivity (Wildman–Crippen MR) is 93.6 cm³/mol. The van der Waals surface area contributed by atoms with Gasteiger partial charge in [0.15, 0.2) is 0 Å². The first-order chi connectivity index (χ1) is 11.9. The molecule has 0 aromatic carbocycles. The standard InChI is InChI=1S/C19H28N2O4/c1-19(2,3)25-18(23)21-7-6-15(21)12-24-16-8-14(9-20-10-16)17-5-4-13(17)11-22/h8-10,13,15,17,22H,4-7,11-12H2,1-3H3. The van der Waals surface area contributed by atoms with Crippen LogP contribution in [0.4, 0.5) is 4.79 Å². The number of carbonyl (C=O) groups excluding carboxylic acids is 1. The summed E-state index contributed by atoms with van der Waals surface area (Å²) in [6.45, 7) is 6.98. The second-order valence-corrected chi connectivity index (χ2v) is 8.01. The maximum atomic E-state index is 12.1. The molecule has 6 nitrogen and oxygen atoms in total. The Bertz CT molecular complexity index is 612. The van der Waals surface area contributed by atoms with Gasteiger partial charge in [-0.3, -0.25) is 4.98 Å². The number of aromatic nitrogens is 1. The molecular formula is C19H28N2O4. The van der Waals surface area contributed by atoms with Gasteiger partial charge in [-0.15, -0.1) is 0 Å². The lowest BCUT2D eigenvalue weighted by Crippen LogP contribution is -2.55. The van der Waals surface area contributed by atoms with Crippen molar-refractivity contribution in [2.75, 3.05) is 19.8 Å². The average Bonchev–Trinajstić information content (AvgIpc) is 2.44. The molecule has 6 heteroatoms.